The summed E-state index contributed by atoms with van der Waals surface area (Å²) in [6, 6.07) is 0. The van der Waals surface area contributed by atoms with E-state index in [1.165, 1.54) is 0 Å². The van der Waals surface area contributed by atoms with E-state index in [1.54, 1.807) is 6.92 Å². The standard InChI is InChI=1S/C6H11O2.BrH.Zn/c1-3-5-6(7)8-4-2;;/h1,3-5H2,2H3;1H;/q-1;;+2/p-1. The Kier molecular flexibility index (Phi) is 20.7. The van der Waals surface area contributed by atoms with Crippen LogP contribution >= 0.6 is 0 Å². The molecule has 0 radical (unpaired) electrons. The van der Waals surface area contributed by atoms with Crippen molar-refractivity contribution in [2.45, 2.75) is 19.8 Å². The molecule has 0 aromatic rings. The number of rotatable bonds is 3. The van der Waals surface area contributed by atoms with Gasteiger partial charge in [-0.3, -0.25) is 4.79 Å². The SMILES string of the molecule is [Br-].[CH2-]CCC(=O)OCC.[Zn+2]. The van der Waals surface area contributed by atoms with Gasteiger partial charge in [0.25, 0.3) is 0 Å². The summed E-state index contributed by atoms with van der Waals surface area (Å²) < 4.78 is 4.60. The maximum absolute atomic E-state index is 10.4. The van der Waals surface area contributed by atoms with Crippen LogP contribution in [0, 0.1) is 6.92 Å². The van der Waals surface area contributed by atoms with E-state index < -0.39 is 0 Å². The number of ether oxygens (including phenoxy) is 1. The van der Waals surface area contributed by atoms with E-state index in [-0.39, 0.29) is 42.4 Å². The average molecular weight is 260 g/mol. The van der Waals surface area contributed by atoms with Crippen LogP contribution in [0.15, 0.2) is 0 Å². The molecule has 0 aromatic carbocycles. The summed E-state index contributed by atoms with van der Waals surface area (Å²) in [5.41, 5.74) is 0. The Hall–Kier alpha value is 0.573. The summed E-state index contributed by atoms with van der Waals surface area (Å²) in [7, 11) is 0. The fraction of sp³-hybridized carbons (Fsp3) is 0.667. The van der Waals surface area contributed by atoms with Crippen LogP contribution < -0.4 is 17.0 Å². The molecule has 0 aliphatic heterocycles. The van der Waals surface area contributed by atoms with Gasteiger partial charge in [-0.2, -0.15) is 6.42 Å². The molecule has 10 heavy (non-hydrogen) atoms. The molecule has 0 saturated carbocycles. The second-order valence-electron chi connectivity index (χ2n) is 1.41. The molecule has 0 aromatic heterocycles. The van der Waals surface area contributed by atoms with Crippen LogP contribution in [0.2, 0.25) is 0 Å². The Labute approximate surface area is 85.2 Å². The Morgan fingerprint density at radius 2 is 2.10 bits per heavy atom. The minimum Gasteiger partial charge on any atom is -1.00 e. The van der Waals surface area contributed by atoms with E-state index in [2.05, 4.69) is 11.7 Å². The maximum atomic E-state index is 10.4. The fourth-order valence-electron chi connectivity index (χ4n) is 0.377. The molecule has 0 atom stereocenters. The van der Waals surface area contributed by atoms with Gasteiger partial charge in [-0.05, 0) is 6.92 Å². The Balaban J connectivity index is -0.000000245. The minimum atomic E-state index is -0.150. The zero-order valence-corrected chi connectivity index (χ0v) is 10.8. The van der Waals surface area contributed by atoms with Crippen LogP contribution in [-0.2, 0) is 29.0 Å². The van der Waals surface area contributed by atoms with E-state index in [0.717, 1.165) is 0 Å². The molecular formula is C6H11BrO2Zn. The number of carbonyl (C=O) groups is 1. The first-order chi connectivity index (χ1) is 3.81. The number of halogens is 1. The zero-order chi connectivity index (χ0) is 6.41. The molecule has 2 nitrogen and oxygen atoms in total. The molecule has 0 heterocycles. The molecule has 0 saturated heterocycles. The molecule has 0 unspecified atom stereocenters. The smallest absolute Gasteiger partial charge is 1.00 e. The van der Waals surface area contributed by atoms with Gasteiger partial charge in [0.15, 0.2) is 0 Å². The van der Waals surface area contributed by atoms with Crippen molar-refractivity contribution in [2.75, 3.05) is 6.61 Å². The third-order valence-corrected chi connectivity index (χ3v) is 0.686. The summed E-state index contributed by atoms with van der Waals surface area (Å²) in [5.74, 6) is -0.150. The predicted octanol–water partition coefficient (Wildman–Crippen LogP) is -1.83. The maximum Gasteiger partial charge on any atom is 2.00 e. The Bertz CT molecular complexity index is 70.1. The van der Waals surface area contributed by atoms with Gasteiger partial charge in [0, 0.05) is 6.42 Å². The van der Waals surface area contributed by atoms with Crippen molar-refractivity contribution >= 4 is 5.97 Å². The van der Waals surface area contributed by atoms with Gasteiger partial charge in [-0.25, -0.2) is 0 Å². The van der Waals surface area contributed by atoms with Gasteiger partial charge < -0.3 is 28.6 Å². The number of hydrogen-bond acceptors (Lipinski definition) is 2. The van der Waals surface area contributed by atoms with E-state index in [0.29, 0.717) is 19.4 Å². The molecule has 0 spiro atoms. The molecule has 0 N–H and O–H groups in total. The first kappa shape index (κ1) is 16.9. The van der Waals surface area contributed by atoms with Crippen molar-refractivity contribution in [3.8, 4) is 0 Å². The number of carbonyl (C=O) groups excluding carboxylic acids is 1. The minimum absolute atomic E-state index is 0. The van der Waals surface area contributed by atoms with Crippen molar-refractivity contribution < 1.29 is 46.0 Å². The van der Waals surface area contributed by atoms with Crippen LogP contribution in [0.3, 0.4) is 0 Å². The molecule has 4 heteroatoms. The van der Waals surface area contributed by atoms with Gasteiger partial charge in [-0.15, -0.1) is 0 Å². The van der Waals surface area contributed by atoms with E-state index >= 15 is 0 Å². The van der Waals surface area contributed by atoms with Crippen LogP contribution in [0.1, 0.15) is 19.8 Å². The second-order valence-corrected chi connectivity index (χ2v) is 1.41. The van der Waals surface area contributed by atoms with E-state index in [9.17, 15) is 4.79 Å². The summed E-state index contributed by atoms with van der Waals surface area (Å²) in [6.45, 7) is 5.77. The second kappa shape index (κ2) is 12.3. The quantitative estimate of drug-likeness (QED) is 0.339. The molecular weight excluding hydrogens is 249 g/mol. The number of hydrogen-bond donors (Lipinski definition) is 0. The molecule has 56 valence electrons. The van der Waals surface area contributed by atoms with Crippen LogP contribution in [0.25, 0.3) is 0 Å². The Morgan fingerprint density at radius 3 is 2.40 bits per heavy atom. The topological polar surface area (TPSA) is 26.3 Å². The van der Waals surface area contributed by atoms with Gasteiger partial charge in [0.1, 0.15) is 0 Å². The molecule has 0 fully saturated rings. The largest absolute Gasteiger partial charge is 2.00 e. The van der Waals surface area contributed by atoms with Crippen molar-refractivity contribution in [1.82, 2.24) is 0 Å². The fourth-order valence-corrected chi connectivity index (χ4v) is 0.377. The van der Waals surface area contributed by atoms with Crippen molar-refractivity contribution in [3.63, 3.8) is 0 Å². The first-order valence-corrected chi connectivity index (χ1v) is 2.76. The summed E-state index contributed by atoms with van der Waals surface area (Å²) >= 11 is 0. The van der Waals surface area contributed by atoms with Gasteiger partial charge >= 0.3 is 25.4 Å². The van der Waals surface area contributed by atoms with Crippen LogP contribution in [0.4, 0.5) is 0 Å². The van der Waals surface area contributed by atoms with Crippen molar-refractivity contribution in [2.24, 2.45) is 0 Å². The van der Waals surface area contributed by atoms with E-state index in [4.69, 9.17) is 0 Å². The average Bonchev–Trinajstić information content (AvgIpc) is 1.68. The summed E-state index contributed by atoms with van der Waals surface area (Å²) in [4.78, 5) is 10.4. The third kappa shape index (κ3) is 11.4. The van der Waals surface area contributed by atoms with Crippen LogP contribution in [-0.4, -0.2) is 12.6 Å². The molecule has 0 rings (SSSR count). The van der Waals surface area contributed by atoms with Crippen molar-refractivity contribution in [3.05, 3.63) is 6.92 Å². The van der Waals surface area contributed by atoms with Crippen molar-refractivity contribution in [1.29, 1.82) is 0 Å². The molecule has 0 aliphatic carbocycles. The molecule has 0 aliphatic rings. The normalized spacial score (nSPS) is 7.00. The monoisotopic (exact) mass is 258 g/mol. The van der Waals surface area contributed by atoms with E-state index in [1.807, 2.05) is 0 Å². The molecule has 0 amide bonds. The first-order valence-electron chi connectivity index (χ1n) is 2.76. The molecule has 0 bridgehead atoms. The summed E-state index contributed by atoms with van der Waals surface area (Å²) in [6.07, 6.45) is 1.06. The zero-order valence-electron chi connectivity index (χ0n) is 6.23. The number of esters is 1. The Morgan fingerprint density at radius 1 is 1.60 bits per heavy atom. The predicted molar refractivity (Wildman–Crippen MR) is 31.2 cm³/mol. The van der Waals surface area contributed by atoms with Gasteiger partial charge in [0.2, 0.25) is 0 Å². The third-order valence-electron chi connectivity index (χ3n) is 0.686. The van der Waals surface area contributed by atoms with Gasteiger partial charge in [0.05, 0.1) is 6.61 Å². The van der Waals surface area contributed by atoms with Gasteiger partial charge in [-0.1, -0.05) is 0 Å². The summed E-state index contributed by atoms with van der Waals surface area (Å²) in [5, 5.41) is 0. The van der Waals surface area contributed by atoms with Crippen LogP contribution in [0.5, 0.6) is 0 Å².